The molecule has 17 heteroatoms. The largest absolute Gasteiger partial charge is 0.416 e. The van der Waals surface area contributed by atoms with Gasteiger partial charge in [-0.2, -0.15) is 26.3 Å². The molecule has 2 heterocycles. The van der Waals surface area contributed by atoms with E-state index < -0.39 is 71.7 Å². The number of nitrogens with one attached hydrogen (secondary N) is 3. The second-order valence-electron chi connectivity index (χ2n) is 10.8. The molecule has 1 saturated heterocycles. The van der Waals surface area contributed by atoms with Gasteiger partial charge in [0, 0.05) is 6.54 Å². The molecule has 3 atom stereocenters. The molecule has 46 heavy (non-hydrogen) atoms. The van der Waals surface area contributed by atoms with Gasteiger partial charge in [-0.3, -0.25) is 14.5 Å². The van der Waals surface area contributed by atoms with E-state index in [1.165, 1.54) is 42.5 Å². The van der Waals surface area contributed by atoms with Gasteiger partial charge in [0.15, 0.2) is 0 Å². The van der Waals surface area contributed by atoms with E-state index in [0.717, 1.165) is 24.3 Å². The summed E-state index contributed by atoms with van der Waals surface area (Å²) >= 11 is 0. The van der Waals surface area contributed by atoms with Crippen LogP contribution in [0.5, 0.6) is 0 Å². The molecular weight excluding hydrogens is 662 g/mol. The van der Waals surface area contributed by atoms with Crippen molar-refractivity contribution in [3.63, 3.8) is 0 Å². The fourth-order valence-corrected chi connectivity index (χ4v) is 7.98. The molecule has 2 aliphatic rings. The van der Waals surface area contributed by atoms with Crippen LogP contribution in [-0.2, 0) is 50.0 Å². The summed E-state index contributed by atoms with van der Waals surface area (Å²) in [7, 11) is -8.51. The first-order valence-corrected chi connectivity index (χ1v) is 16.7. The van der Waals surface area contributed by atoms with Gasteiger partial charge in [0.1, 0.15) is 11.1 Å². The van der Waals surface area contributed by atoms with Gasteiger partial charge >= 0.3 is 12.4 Å². The average molecular weight is 689 g/mol. The highest BCUT2D eigenvalue weighted by molar-refractivity contribution is 7.90. The number of aliphatic imine (C=N–C) groups is 1. The molecule has 0 radical (unpaired) electrons. The van der Waals surface area contributed by atoms with E-state index in [4.69, 9.17) is 0 Å². The fourth-order valence-electron chi connectivity index (χ4n) is 5.31. The SMILES string of the molecule is O=C1CC(c2ccc(CC(NS(=O)(=O)c3cccc(C(F)(F)F)c3)C3=N[C@H](Cc4ccccc4C(F)(F)F)CN3)cc2)S(=O)(=O)N1. The van der Waals surface area contributed by atoms with Gasteiger partial charge in [-0.1, -0.05) is 48.5 Å². The van der Waals surface area contributed by atoms with Crippen LogP contribution in [0.1, 0.15) is 39.5 Å². The van der Waals surface area contributed by atoms with Gasteiger partial charge < -0.3 is 5.32 Å². The van der Waals surface area contributed by atoms with Crippen LogP contribution in [-0.4, -0.2) is 47.2 Å². The Bertz CT molecular complexity index is 1880. The normalized spacial score (nSPS) is 20.6. The van der Waals surface area contributed by atoms with Crippen molar-refractivity contribution in [2.75, 3.05) is 6.54 Å². The van der Waals surface area contributed by atoms with E-state index in [1.807, 2.05) is 4.72 Å². The smallest absolute Gasteiger partial charge is 0.370 e. The molecule has 1 amide bonds. The predicted octanol–water partition coefficient (Wildman–Crippen LogP) is 4.12. The molecule has 3 aromatic rings. The summed E-state index contributed by atoms with van der Waals surface area (Å²) in [5.41, 5.74) is -1.26. The third-order valence-electron chi connectivity index (χ3n) is 7.51. The van der Waals surface area contributed by atoms with Crippen LogP contribution in [0.4, 0.5) is 26.3 Å². The first kappa shape index (κ1) is 33.4. The zero-order valence-electron chi connectivity index (χ0n) is 23.6. The van der Waals surface area contributed by atoms with Gasteiger partial charge in [-0.05, 0) is 53.8 Å². The number of carbonyl (C=O) groups excluding carboxylic acids is 1. The number of hydrogen-bond donors (Lipinski definition) is 3. The number of benzene rings is 3. The summed E-state index contributed by atoms with van der Waals surface area (Å²) in [6, 6.07) is 12.1. The fraction of sp³-hybridized carbons (Fsp3) is 0.310. The first-order chi connectivity index (χ1) is 21.4. The summed E-state index contributed by atoms with van der Waals surface area (Å²) < 4.78 is 136. The number of nitrogens with zero attached hydrogens (tertiary/aromatic N) is 1. The Hall–Kier alpha value is -3.96. The minimum atomic E-state index is -4.81. The maximum Gasteiger partial charge on any atom is 0.416 e. The number of alkyl halides is 6. The van der Waals surface area contributed by atoms with Crippen molar-refractivity contribution in [2.24, 2.45) is 4.99 Å². The number of sulfonamides is 2. The first-order valence-electron chi connectivity index (χ1n) is 13.7. The Balaban J connectivity index is 1.44. The molecule has 2 aliphatic heterocycles. The molecule has 0 aliphatic carbocycles. The van der Waals surface area contributed by atoms with E-state index in [9.17, 15) is 48.0 Å². The summed E-state index contributed by atoms with van der Waals surface area (Å²) in [6.07, 6.45) is -9.94. The molecule has 0 spiro atoms. The van der Waals surface area contributed by atoms with Crippen LogP contribution in [0.3, 0.4) is 0 Å². The van der Waals surface area contributed by atoms with Gasteiger partial charge in [-0.15, -0.1) is 0 Å². The number of halogens is 6. The topological polar surface area (TPSA) is 134 Å². The molecule has 9 nitrogen and oxygen atoms in total. The van der Waals surface area contributed by atoms with Crippen molar-refractivity contribution >= 4 is 31.8 Å². The lowest BCUT2D eigenvalue weighted by atomic mass is 10.0. The second kappa shape index (κ2) is 12.3. The second-order valence-corrected chi connectivity index (χ2v) is 14.4. The molecule has 0 bridgehead atoms. The highest BCUT2D eigenvalue weighted by Crippen LogP contribution is 2.34. The predicted molar refractivity (Wildman–Crippen MR) is 154 cm³/mol. The monoisotopic (exact) mass is 688 g/mol. The van der Waals surface area contributed by atoms with Crippen molar-refractivity contribution in [3.05, 3.63) is 101 Å². The van der Waals surface area contributed by atoms with Crippen LogP contribution >= 0.6 is 0 Å². The molecule has 0 saturated carbocycles. The van der Waals surface area contributed by atoms with Crippen LogP contribution in [0.2, 0.25) is 0 Å². The molecular formula is C29H26F6N4O5S2. The van der Waals surface area contributed by atoms with E-state index in [1.54, 1.807) is 0 Å². The number of amides is 1. The zero-order valence-corrected chi connectivity index (χ0v) is 25.2. The molecule has 246 valence electrons. The standard InChI is InChI=1S/C29H26F6N4O5S2/c30-28(31,32)20-5-3-6-22(14-20)45(41,42)38-24(12-17-8-10-18(11-9-17)25-15-26(40)39-46(25,43)44)27-36-16-21(37-27)13-19-4-1-2-7-23(19)29(33,34)35/h1-11,14,21,24-25,38H,12-13,15-16H2,(H,36,37)(H,39,40)/t21-,24?,25?/m1/s1. The Kier molecular flexibility index (Phi) is 8.96. The average Bonchev–Trinajstić information content (AvgIpc) is 3.54. The quantitative estimate of drug-likeness (QED) is 0.290. The summed E-state index contributed by atoms with van der Waals surface area (Å²) in [6.45, 7) is 0.0584. The minimum Gasteiger partial charge on any atom is -0.370 e. The minimum absolute atomic E-state index is 0.0154. The number of amidine groups is 1. The highest BCUT2D eigenvalue weighted by Gasteiger charge is 2.38. The van der Waals surface area contributed by atoms with Crippen LogP contribution in [0.15, 0.2) is 82.7 Å². The van der Waals surface area contributed by atoms with Crippen molar-refractivity contribution in [1.82, 2.24) is 14.8 Å². The molecule has 3 aromatic carbocycles. The Labute approximate surface area is 260 Å². The Morgan fingerprint density at radius 1 is 0.935 bits per heavy atom. The Morgan fingerprint density at radius 3 is 2.26 bits per heavy atom. The van der Waals surface area contributed by atoms with E-state index in [0.29, 0.717) is 17.2 Å². The summed E-state index contributed by atoms with van der Waals surface area (Å²) in [4.78, 5) is 15.4. The highest BCUT2D eigenvalue weighted by atomic mass is 32.2. The van der Waals surface area contributed by atoms with Crippen molar-refractivity contribution in [1.29, 1.82) is 0 Å². The number of rotatable bonds is 9. The Morgan fingerprint density at radius 2 is 1.63 bits per heavy atom. The maximum absolute atomic E-state index is 13.6. The lowest BCUT2D eigenvalue weighted by Gasteiger charge is -2.20. The number of hydrogen-bond acceptors (Lipinski definition) is 7. The summed E-state index contributed by atoms with van der Waals surface area (Å²) in [5, 5.41) is 1.80. The lowest BCUT2D eigenvalue weighted by molar-refractivity contribution is -0.138. The van der Waals surface area contributed by atoms with E-state index >= 15 is 0 Å². The van der Waals surface area contributed by atoms with Gasteiger partial charge in [0.25, 0.3) is 0 Å². The lowest BCUT2D eigenvalue weighted by Crippen LogP contribution is -2.46. The molecule has 5 rings (SSSR count). The molecule has 3 N–H and O–H groups in total. The van der Waals surface area contributed by atoms with E-state index in [2.05, 4.69) is 15.0 Å². The van der Waals surface area contributed by atoms with Gasteiger partial charge in [-0.25, -0.2) is 21.6 Å². The van der Waals surface area contributed by atoms with Gasteiger partial charge in [0.2, 0.25) is 26.0 Å². The van der Waals surface area contributed by atoms with Crippen LogP contribution < -0.4 is 14.8 Å². The van der Waals surface area contributed by atoms with Crippen molar-refractivity contribution < 1.29 is 48.0 Å². The van der Waals surface area contributed by atoms with Crippen molar-refractivity contribution in [2.45, 2.75) is 53.8 Å². The third kappa shape index (κ3) is 7.53. The van der Waals surface area contributed by atoms with Crippen LogP contribution in [0.25, 0.3) is 0 Å². The third-order valence-corrected chi connectivity index (χ3v) is 10.7. The molecule has 0 aromatic heterocycles. The molecule has 2 unspecified atom stereocenters. The van der Waals surface area contributed by atoms with Crippen LogP contribution in [0, 0.1) is 0 Å². The van der Waals surface area contributed by atoms with Crippen molar-refractivity contribution in [3.8, 4) is 0 Å². The number of carbonyl (C=O) groups is 1. The zero-order chi connectivity index (χ0) is 33.5. The van der Waals surface area contributed by atoms with Gasteiger partial charge in [0.05, 0.1) is 34.5 Å². The summed E-state index contributed by atoms with van der Waals surface area (Å²) in [5.74, 6) is -0.599. The maximum atomic E-state index is 13.6. The van der Waals surface area contributed by atoms with E-state index in [-0.39, 0.29) is 37.2 Å². The molecule has 1 fully saturated rings.